The molecular formula is C15H15NO3S2. The van der Waals surface area contributed by atoms with Crippen LogP contribution in [-0.2, 0) is 9.59 Å². The number of nitrogens with one attached hydrogen (secondary N) is 1. The Bertz CT molecular complexity index is 603. The number of benzene rings is 1. The number of thioether (sulfide) groups is 1. The predicted molar refractivity (Wildman–Crippen MR) is 89.8 cm³/mol. The van der Waals surface area contributed by atoms with Gasteiger partial charge in [0.05, 0.1) is 4.91 Å². The molecule has 1 saturated heterocycles. The van der Waals surface area contributed by atoms with Gasteiger partial charge in [-0.15, -0.1) is 0 Å². The molecule has 6 heteroatoms. The monoisotopic (exact) mass is 321 g/mol. The molecule has 0 radical (unpaired) electrons. The highest BCUT2D eigenvalue weighted by molar-refractivity contribution is 8.26. The second-order valence-electron chi connectivity index (χ2n) is 4.17. The van der Waals surface area contributed by atoms with Gasteiger partial charge in [-0.05, 0) is 24.1 Å². The number of amides is 1. The molecule has 1 aromatic carbocycles. The molecule has 0 unspecified atom stereocenters. The lowest BCUT2D eigenvalue weighted by Gasteiger charge is -1.96. The highest BCUT2D eigenvalue weighted by Gasteiger charge is 2.21. The van der Waals surface area contributed by atoms with E-state index in [4.69, 9.17) is 22.1 Å². The molecule has 1 aliphatic heterocycles. The zero-order chi connectivity index (χ0) is 15.8. The fourth-order valence-corrected chi connectivity index (χ4v) is 2.58. The average molecular weight is 321 g/mol. The van der Waals surface area contributed by atoms with E-state index in [1.54, 1.807) is 0 Å². The van der Waals surface area contributed by atoms with Crippen molar-refractivity contribution < 1.29 is 14.7 Å². The topological polar surface area (TPSA) is 66.4 Å². The molecule has 2 N–H and O–H groups in total. The molecule has 21 heavy (non-hydrogen) atoms. The fourth-order valence-electron chi connectivity index (χ4n) is 1.48. The molecule has 0 bridgehead atoms. The molecule has 2 rings (SSSR count). The minimum Gasteiger partial charge on any atom is -0.481 e. The lowest BCUT2D eigenvalue weighted by Crippen LogP contribution is -2.17. The number of carbonyl (C=O) groups excluding carboxylic acids is 1. The van der Waals surface area contributed by atoms with E-state index in [1.165, 1.54) is 11.8 Å². The molecule has 1 aliphatic rings. The summed E-state index contributed by atoms with van der Waals surface area (Å²) in [5, 5.41) is 10.0. The molecule has 0 saturated carbocycles. The van der Waals surface area contributed by atoms with Crippen LogP contribution >= 0.6 is 24.0 Å². The Kier molecular flexibility index (Phi) is 6.84. The van der Waals surface area contributed by atoms with Crippen LogP contribution in [0.1, 0.15) is 19.4 Å². The highest BCUT2D eigenvalue weighted by Crippen LogP contribution is 2.25. The van der Waals surface area contributed by atoms with Crippen LogP contribution in [-0.4, -0.2) is 21.3 Å². The van der Waals surface area contributed by atoms with Crippen LogP contribution < -0.4 is 5.32 Å². The maximum Gasteiger partial charge on any atom is 0.300 e. The molecule has 1 fully saturated rings. The Morgan fingerprint density at radius 3 is 2.33 bits per heavy atom. The lowest BCUT2D eigenvalue weighted by molar-refractivity contribution is -0.134. The summed E-state index contributed by atoms with van der Waals surface area (Å²) in [6.45, 7) is 3.05. The van der Waals surface area contributed by atoms with Crippen LogP contribution in [0.5, 0.6) is 0 Å². The number of carbonyl (C=O) groups is 2. The number of allylic oxidation sites excluding steroid dienone is 2. The van der Waals surface area contributed by atoms with E-state index in [0.717, 1.165) is 18.1 Å². The molecule has 1 heterocycles. The Hall–Kier alpha value is -1.92. The van der Waals surface area contributed by atoms with Crippen LogP contribution in [0.4, 0.5) is 0 Å². The maximum atomic E-state index is 11.5. The van der Waals surface area contributed by atoms with Gasteiger partial charge < -0.3 is 10.4 Å². The Morgan fingerprint density at radius 2 is 1.86 bits per heavy atom. The largest absolute Gasteiger partial charge is 0.481 e. The van der Waals surface area contributed by atoms with E-state index in [0.29, 0.717) is 9.23 Å². The molecule has 1 amide bonds. The molecule has 1 aromatic rings. The van der Waals surface area contributed by atoms with Gasteiger partial charge in [0.2, 0.25) is 0 Å². The maximum absolute atomic E-state index is 11.5. The normalized spacial score (nSPS) is 16.3. The number of carboxylic acid groups (broad SMARTS) is 1. The van der Waals surface area contributed by atoms with Gasteiger partial charge in [0.15, 0.2) is 0 Å². The van der Waals surface area contributed by atoms with Crippen molar-refractivity contribution in [3.63, 3.8) is 0 Å². The minimum atomic E-state index is -0.833. The van der Waals surface area contributed by atoms with Crippen molar-refractivity contribution in [1.82, 2.24) is 5.32 Å². The van der Waals surface area contributed by atoms with Crippen molar-refractivity contribution in [2.24, 2.45) is 0 Å². The summed E-state index contributed by atoms with van der Waals surface area (Å²) < 4.78 is 0.522. The second kappa shape index (κ2) is 8.39. The summed E-state index contributed by atoms with van der Waals surface area (Å²) in [5.41, 5.74) is 2.14. The van der Waals surface area contributed by atoms with Gasteiger partial charge in [0.25, 0.3) is 11.9 Å². The molecule has 0 spiro atoms. The Balaban J connectivity index is 0.000000491. The molecule has 0 aromatic heterocycles. The smallest absolute Gasteiger partial charge is 0.300 e. The summed E-state index contributed by atoms with van der Waals surface area (Å²) in [4.78, 5) is 21.1. The first-order chi connectivity index (χ1) is 9.88. The molecule has 4 nitrogen and oxygen atoms in total. The highest BCUT2D eigenvalue weighted by atomic mass is 32.2. The van der Waals surface area contributed by atoms with E-state index in [9.17, 15) is 4.79 Å². The number of hydrogen-bond acceptors (Lipinski definition) is 4. The summed E-state index contributed by atoms with van der Waals surface area (Å²) in [6, 6.07) is 9.99. The molecule has 0 aliphatic carbocycles. The first-order valence-corrected chi connectivity index (χ1v) is 7.28. The van der Waals surface area contributed by atoms with Gasteiger partial charge in [-0.2, -0.15) is 0 Å². The molecular weight excluding hydrogens is 306 g/mol. The summed E-state index contributed by atoms with van der Waals surface area (Å²) >= 11 is 6.23. The standard InChI is InChI=1S/C13H11NOS2.C2H4O2/c1-9(7-10-5-3-2-4-6-10)8-11-12(15)14-13(16)17-11;1-2(3)4/h2-8H,1H3,(H,14,15,16);1H3,(H,3,4)/b9-7+,11-8-;. The van der Waals surface area contributed by atoms with Gasteiger partial charge >= 0.3 is 0 Å². The fraction of sp³-hybridized carbons (Fsp3) is 0.133. The molecule has 110 valence electrons. The van der Waals surface area contributed by atoms with Gasteiger partial charge in [-0.3, -0.25) is 9.59 Å². The van der Waals surface area contributed by atoms with Crippen molar-refractivity contribution in [3.05, 3.63) is 52.4 Å². The second-order valence-corrected chi connectivity index (χ2v) is 5.89. The van der Waals surface area contributed by atoms with Crippen LogP contribution in [0.3, 0.4) is 0 Å². The lowest BCUT2D eigenvalue weighted by atomic mass is 10.1. The summed E-state index contributed by atoms with van der Waals surface area (Å²) in [7, 11) is 0. The van der Waals surface area contributed by atoms with Crippen LogP contribution in [0, 0.1) is 0 Å². The minimum absolute atomic E-state index is 0.110. The number of hydrogen-bond donors (Lipinski definition) is 2. The van der Waals surface area contributed by atoms with Crippen molar-refractivity contribution in [3.8, 4) is 0 Å². The Morgan fingerprint density at radius 1 is 1.29 bits per heavy atom. The third kappa shape index (κ3) is 6.87. The van der Waals surface area contributed by atoms with Crippen molar-refractivity contribution >= 4 is 46.3 Å². The van der Waals surface area contributed by atoms with Gasteiger partial charge in [0.1, 0.15) is 4.32 Å². The summed E-state index contributed by atoms with van der Waals surface area (Å²) in [6.07, 6.45) is 3.88. The third-order valence-electron chi connectivity index (χ3n) is 2.19. The van der Waals surface area contributed by atoms with E-state index in [2.05, 4.69) is 5.32 Å². The van der Waals surface area contributed by atoms with Gasteiger partial charge in [0, 0.05) is 6.92 Å². The van der Waals surface area contributed by atoms with Crippen molar-refractivity contribution in [2.45, 2.75) is 13.8 Å². The zero-order valence-electron chi connectivity index (χ0n) is 11.6. The predicted octanol–water partition coefficient (Wildman–Crippen LogP) is 3.21. The number of aliphatic carboxylic acids is 1. The number of carboxylic acids is 1. The first kappa shape index (κ1) is 17.1. The van der Waals surface area contributed by atoms with E-state index in [-0.39, 0.29) is 5.91 Å². The molecule has 0 atom stereocenters. The quantitative estimate of drug-likeness (QED) is 0.647. The van der Waals surface area contributed by atoms with Crippen LogP contribution in [0.25, 0.3) is 6.08 Å². The number of rotatable bonds is 2. The van der Waals surface area contributed by atoms with Crippen LogP contribution in [0.2, 0.25) is 0 Å². The SMILES string of the molecule is CC(/C=C1\SC(=S)NC1=O)=C\c1ccccc1.CC(=O)O. The van der Waals surface area contributed by atoms with E-state index < -0.39 is 5.97 Å². The van der Waals surface area contributed by atoms with Gasteiger partial charge in [-0.1, -0.05) is 60.4 Å². The third-order valence-corrected chi connectivity index (χ3v) is 3.36. The first-order valence-electron chi connectivity index (χ1n) is 6.06. The van der Waals surface area contributed by atoms with Crippen LogP contribution in [0.15, 0.2) is 46.9 Å². The summed E-state index contributed by atoms with van der Waals surface area (Å²) in [5.74, 6) is -0.944. The van der Waals surface area contributed by atoms with Crippen molar-refractivity contribution in [2.75, 3.05) is 0 Å². The Labute approximate surface area is 132 Å². The average Bonchev–Trinajstić information content (AvgIpc) is 2.68. The zero-order valence-corrected chi connectivity index (χ0v) is 13.3. The van der Waals surface area contributed by atoms with E-state index >= 15 is 0 Å². The van der Waals surface area contributed by atoms with Crippen molar-refractivity contribution in [1.29, 1.82) is 0 Å². The van der Waals surface area contributed by atoms with E-state index in [1.807, 2.05) is 49.4 Å². The number of thiocarbonyl (C=S) groups is 1. The van der Waals surface area contributed by atoms with Gasteiger partial charge in [-0.25, -0.2) is 0 Å².